The van der Waals surface area contributed by atoms with E-state index in [1.807, 2.05) is 0 Å². The number of nitrogens with zero attached hydrogens (tertiary/aromatic N) is 2. The van der Waals surface area contributed by atoms with Gasteiger partial charge in [-0.05, 0) is 59.2 Å². The van der Waals surface area contributed by atoms with Crippen LogP contribution in [0.2, 0.25) is 5.15 Å². The molecule has 2 rings (SSSR count). The van der Waals surface area contributed by atoms with Crippen molar-refractivity contribution in [2.24, 2.45) is 5.92 Å². The van der Waals surface area contributed by atoms with Crippen LogP contribution in [0.25, 0.3) is 11.4 Å². The maximum atomic E-state index is 12.9. The fourth-order valence-corrected chi connectivity index (χ4v) is 2.36. The molecule has 0 aliphatic carbocycles. The summed E-state index contributed by atoms with van der Waals surface area (Å²) in [6, 6.07) is 6.11. The lowest BCUT2D eigenvalue weighted by Gasteiger charge is -2.10. The smallest absolute Gasteiger partial charge is 0.161 e. The zero-order chi connectivity index (χ0) is 14.0. The van der Waals surface area contributed by atoms with Gasteiger partial charge in [0, 0.05) is 5.56 Å². The minimum atomic E-state index is -0.275. The molecule has 1 heterocycles. The molecule has 0 N–H and O–H groups in total. The third kappa shape index (κ3) is 3.63. The van der Waals surface area contributed by atoms with E-state index in [1.165, 1.54) is 12.1 Å². The molecule has 0 saturated carbocycles. The molecule has 0 atom stereocenters. The Morgan fingerprint density at radius 3 is 2.42 bits per heavy atom. The molecular formula is C14H13ClFIN2. The first kappa shape index (κ1) is 14.7. The first-order valence-electron chi connectivity index (χ1n) is 5.95. The molecule has 0 bridgehead atoms. The van der Waals surface area contributed by atoms with Gasteiger partial charge in [-0.2, -0.15) is 0 Å². The lowest BCUT2D eigenvalue weighted by molar-refractivity contribution is 0.627. The molecule has 100 valence electrons. The Bertz CT molecular complexity index is 585. The summed E-state index contributed by atoms with van der Waals surface area (Å²) >= 11 is 8.31. The summed E-state index contributed by atoms with van der Waals surface area (Å²) in [6.45, 7) is 4.26. The minimum absolute atomic E-state index is 0.275. The van der Waals surface area contributed by atoms with Crippen molar-refractivity contribution in [3.8, 4) is 11.4 Å². The quantitative estimate of drug-likeness (QED) is 0.559. The van der Waals surface area contributed by atoms with E-state index in [9.17, 15) is 4.39 Å². The van der Waals surface area contributed by atoms with Crippen molar-refractivity contribution < 1.29 is 4.39 Å². The second-order valence-corrected chi connectivity index (χ2v) is 6.14. The Kier molecular flexibility index (Phi) is 4.73. The van der Waals surface area contributed by atoms with Gasteiger partial charge in [-0.15, -0.1) is 0 Å². The number of hydrogen-bond donors (Lipinski definition) is 0. The monoisotopic (exact) mass is 390 g/mol. The van der Waals surface area contributed by atoms with E-state index in [4.69, 9.17) is 11.6 Å². The van der Waals surface area contributed by atoms with E-state index in [0.29, 0.717) is 16.9 Å². The normalized spacial score (nSPS) is 11.1. The van der Waals surface area contributed by atoms with Gasteiger partial charge < -0.3 is 0 Å². The van der Waals surface area contributed by atoms with E-state index < -0.39 is 0 Å². The summed E-state index contributed by atoms with van der Waals surface area (Å²) in [5.74, 6) is 0.754. The number of benzene rings is 1. The average Bonchev–Trinajstić information content (AvgIpc) is 2.35. The second kappa shape index (κ2) is 6.13. The molecule has 1 aromatic heterocycles. The van der Waals surface area contributed by atoms with Crippen LogP contribution in [0, 0.1) is 15.3 Å². The molecule has 0 amide bonds. The minimum Gasteiger partial charge on any atom is -0.232 e. The second-order valence-electron chi connectivity index (χ2n) is 4.70. The lowest BCUT2D eigenvalue weighted by Crippen LogP contribution is -2.04. The van der Waals surface area contributed by atoms with Crippen LogP contribution in [0.3, 0.4) is 0 Å². The van der Waals surface area contributed by atoms with Gasteiger partial charge in [0.05, 0.1) is 9.26 Å². The van der Waals surface area contributed by atoms with Gasteiger partial charge in [0.2, 0.25) is 0 Å². The van der Waals surface area contributed by atoms with Crippen molar-refractivity contribution >= 4 is 34.2 Å². The molecule has 19 heavy (non-hydrogen) atoms. The predicted molar refractivity (Wildman–Crippen MR) is 83.7 cm³/mol. The maximum Gasteiger partial charge on any atom is 0.161 e. The zero-order valence-electron chi connectivity index (χ0n) is 10.6. The van der Waals surface area contributed by atoms with E-state index >= 15 is 0 Å². The largest absolute Gasteiger partial charge is 0.232 e. The molecule has 0 radical (unpaired) electrons. The van der Waals surface area contributed by atoms with Crippen molar-refractivity contribution in [2.75, 3.05) is 0 Å². The third-order valence-corrected chi connectivity index (χ3v) is 4.31. The SMILES string of the molecule is CC(C)Cc1nc(-c2ccc(F)cc2)nc(Cl)c1I. The van der Waals surface area contributed by atoms with Gasteiger partial charge in [-0.1, -0.05) is 25.4 Å². The molecular weight excluding hydrogens is 378 g/mol. The van der Waals surface area contributed by atoms with Crippen LogP contribution < -0.4 is 0 Å². The van der Waals surface area contributed by atoms with Crippen LogP contribution >= 0.6 is 34.2 Å². The number of hydrogen-bond acceptors (Lipinski definition) is 2. The van der Waals surface area contributed by atoms with Crippen molar-refractivity contribution in [1.29, 1.82) is 0 Å². The van der Waals surface area contributed by atoms with Crippen molar-refractivity contribution in [1.82, 2.24) is 9.97 Å². The average molecular weight is 391 g/mol. The predicted octanol–water partition coefficient (Wildman–Crippen LogP) is 4.74. The number of halogens is 3. The molecule has 0 aliphatic heterocycles. The molecule has 2 aromatic rings. The van der Waals surface area contributed by atoms with Gasteiger partial charge in [0.25, 0.3) is 0 Å². The summed E-state index contributed by atoms with van der Waals surface area (Å²) in [6.07, 6.45) is 0.842. The van der Waals surface area contributed by atoms with E-state index in [0.717, 1.165) is 21.2 Å². The molecule has 2 nitrogen and oxygen atoms in total. The van der Waals surface area contributed by atoms with Crippen LogP contribution in [0.4, 0.5) is 4.39 Å². The van der Waals surface area contributed by atoms with Crippen LogP contribution in [-0.2, 0) is 6.42 Å². The fraction of sp³-hybridized carbons (Fsp3) is 0.286. The van der Waals surface area contributed by atoms with Gasteiger partial charge >= 0.3 is 0 Å². The molecule has 1 aromatic carbocycles. The zero-order valence-corrected chi connectivity index (χ0v) is 13.5. The Labute approximate surface area is 130 Å². The summed E-state index contributed by atoms with van der Waals surface area (Å²) in [4.78, 5) is 8.81. The van der Waals surface area contributed by atoms with E-state index in [-0.39, 0.29) is 5.82 Å². The van der Waals surface area contributed by atoms with Gasteiger partial charge in [-0.3, -0.25) is 0 Å². The van der Waals surface area contributed by atoms with Gasteiger partial charge in [0.15, 0.2) is 5.82 Å². The van der Waals surface area contributed by atoms with Crippen molar-refractivity contribution in [2.45, 2.75) is 20.3 Å². The summed E-state index contributed by atoms with van der Waals surface area (Å²) in [7, 11) is 0. The molecule has 0 saturated heterocycles. The maximum absolute atomic E-state index is 12.9. The highest BCUT2D eigenvalue weighted by molar-refractivity contribution is 14.1. The Balaban J connectivity index is 2.46. The summed E-state index contributed by atoms with van der Waals surface area (Å²) in [5.41, 5.74) is 1.71. The van der Waals surface area contributed by atoms with Crippen LogP contribution in [0.1, 0.15) is 19.5 Å². The molecule has 5 heteroatoms. The molecule has 0 spiro atoms. The third-order valence-electron chi connectivity index (χ3n) is 2.58. The first-order chi connectivity index (χ1) is 8.97. The van der Waals surface area contributed by atoms with Gasteiger partial charge in [-0.25, -0.2) is 14.4 Å². The fourth-order valence-electron chi connectivity index (χ4n) is 1.71. The highest BCUT2D eigenvalue weighted by Crippen LogP contribution is 2.25. The molecule has 0 aliphatic rings. The van der Waals surface area contributed by atoms with Crippen LogP contribution in [0.5, 0.6) is 0 Å². The highest BCUT2D eigenvalue weighted by Gasteiger charge is 2.13. The topological polar surface area (TPSA) is 25.8 Å². The standard InChI is InChI=1S/C14H13ClFIN2/c1-8(2)7-11-12(17)13(15)19-14(18-11)9-3-5-10(16)6-4-9/h3-6,8H,7H2,1-2H3. The summed E-state index contributed by atoms with van der Waals surface area (Å²) < 4.78 is 13.8. The van der Waals surface area contributed by atoms with Crippen molar-refractivity contribution in [3.63, 3.8) is 0 Å². The van der Waals surface area contributed by atoms with Crippen molar-refractivity contribution in [3.05, 3.63) is 44.5 Å². The van der Waals surface area contributed by atoms with E-state index in [1.54, 1.807) is 12.1 Å². The lowest BCUT2D eigenvalue weighted by atomic mass is 10.1. The molecule has 0 unspecified atom stereocenters. The Morgan fingerprint density at radius 1 is 1.21 bits per heavy atom. The number of aromatic nitrogens is 2. The molecule has 0 fully saturated rings. The van der Waals surface area contributed by atoms with Crippen LogP contribution in [0.15, 0.2) is 24.3 Å². The van der Waals surface area contributed by atoms with Crippen LogP contribution in [-0.4, -0.2) is 9.97 Å². The Hall–Kier alpha value is -0.750. The Morgan fingerprint density at radius 2 is 1.84 bits per heavy atom. The van der Waals surface area contributed by atoms with Gasteiger partial charge in [0.1, 0.15) is 11.0 Å². The summed E-state index contributed by atoms with van der Waals surface area (Å²) in [5, 5.41) is 0.450. The van der Waals surface area contributed by atoms with E-state index in [2.05, 4.69) is 46.4 Å². The highest BCUT2D eigenvalue weighted by atomic mass is 127. The number of rotatable bonds is 3. The first-order valence-corrected chi connectivity index (χ1v) is 7.41.